The molecule has 1 aliphatic heterocycles. The summed E-state index contributed by atoms with van der Waals surface area (Å²) in [5.74, 6) is 1.34. The Morgan fingerprint density at radius 2 is 2.14 bits per heavy atom. The first-order valence-electron chi connectivity index (χ1n) is 9.35. The second-order valence-corrected chi connectivity index (χ2v) is 6.67. The summed E-state index contributed by atoms with van der Waals surface area (Å²) in [7, 11) is 0. The zero-order valence-corrected chi connectivity index (χ0v) is 15.9. The number of benzene rings is 2. The molecule has 2 heterocycles. The summed E-state index contributed by atoms with van der Waals surface area (Å²) < 4.78 is 11.6. The highest BCUT2D eigenvalue weighted by molar-refractivity contribution is 5.91. The van der Waals surface area contributed by atoms with Crippen LogP contribution in [0.4, 0.5) is 0 Å². The summed E-state index contributed by atoms with van der Waals surface area (Å²) in [4.78, 5) is 14.0. The smallest absolute Gasteiger partial charge is 0.273 e. The molecule has 28 heavy (non-hydrogen) atoms. The maximum Gasteiger partial charge on any atom is 0.273 e. The van der Waals surface area contributed by atoms with Crippen LogP contribution in [0.15, 0.2) is 48.7 Å². The molecule has 4 rings (SSSR count). The lowest BCUT2D eigenvalue weighted by molar-refractivity contribution is 0.0945. The van der Waals surface area contributed by atoms with Gasteiger partial charge in [0.15, 0.2) is 5.69 Å². The predicted octanol–water partition coefficient (Wildman–Crippen LogP) is 2.92. The van der Waals surface area contributed by atoms with E-state index in [4.69, 9.17) is 9.47 Å². The molecule has 2 aromatic carbocycles. The fraction of sp³-hybridized carbons (Fsp3) is 0.286. The van der Waals surface area contributed by atoms with Gasteiger partial charge in [-0.2, -0.15) is 9.90 Å². The third kappa shape index (κ3) is 3.69. The van der Waals surface area contributed by atoms with Gasteiger partial charge < -0.3 is 14.8 Å². The van der Waals surface area contributed by atoms with E-state index in [0.717, 1.165) is 34.7 Å². The van der Waals surface area contributed by atoms with Crippen LogP contribution in [0.3, 0.4) is 0 Å². The second kappa shape index (κ2) is 7.72. The van der Waals surface area contributed by atoms with Crippen LogP contribution in [0, 0.1) is 0 Å². The summed E-state index contributed by atoms with van der Waals surface area (Å²) in [6.07, 6.45) is 2.48. The monoisotopic (exact) mass is 378 g/mol. The number of nitrogens with zero attached hydrogens (tertiary/aromatic N) is 3. The number of aromatic nitrogens is 3. The van der Waals surface area contributed by atoms with Crippen LogP contribution >= 0.6 is 0 Å². The van der Waals surface area contributed by atoms with Crippen LogP contribution in [0.5, 0.6) is 11.5 Å². The molecule has 0 radical (unpaired) electrons. The van der Waals surface area contributed by atoms with Crippen molar-refractivity contribution < 1.29 is 14.3 Å². The Morgan fingerprint density at radius 1 is 1.32 bits per heavy atom. The van der Waals surface area contributed by atoms with Crippen LogP contribution in [0.2, 0.25) is 0 Å². The Balaban J connectivity index is 1.48. The van der Waals surface area contributed by atoms with E-state index in [-0.39, 0.29) is 17.7 Å². The summed E-state index contributed by atoms with van der Waals surface area (Å²) in [5.41, 5.74) is 3.06. The number of amides is 1. The Hall–Kier alpha value is -3.35. The van der Waals surface area contributed by atoms with Crippen LogP contribution in [0.25, 0.3) is 5.69 Å². The molecule has 0 spiro atoms. The van der Waals surface area contributed by atoms with Gasteiger partial charge in [0.05, 0.1) is 18.5 Å². The summed E-state index contributed by atoms with van der Waals surface area (Å²) in [6.45, 7) is 4.85. The third-order valence-electron chi connectivity index (χ3n) is 4.53. The molecule has 1 aliphatic rings. The van der Waals surface area contributed by atoms with Gasteiger partial charge in [-0.25, -0.2) is 0 Å². The summed E-state index contributed by atoms with van der Waals surface area (Å²) >= 11 is 0. The van der Waals surface area contributed by atoms with Gasteiger partial charge in [-0.1, -0.05) is 18.2 Å². The fourth-order valence-corrected chi connectivity index (χ4v) is 3.23. The topological polar surface area (TPSA) is 78.3 Å². The van der Waals surface area contributed by atoms with Gasteiger partial charge in [-0.05, 0) is 38.1 Å². The first-order chi connectivity index (χ1) is 13.6. The standard InChI is InChI=1S/C21H22N4O3/c1-3-27-19-10-15-9-14(2)28-20(15)11-16(19)12-22-21(26)18-13-23-25(24-18)17-7-5-4-6-8-17/h4-8,10-11,13-14H,3,9,12H2,1-2H3,(H,22,26). The largest absolute Gasteiger partial charge is 0.494 e. The Bertz CT molecular complexity index is 985. The number of hydrogen-bond donors (Lipinski definition) is 1. The molecule has 0 saturated heterocycles. The van der Waals surface area contributed by atoms with E-state index < -0.39 is 0 Å². The maximum absolute atomic E-state index is 12.5. The minimum atomic E-state index is -0.292. The molecular weight excluding hydrogens is 356 g/mol. The van der Waals surface area contributed by atoms with Crippen molar-refractivity contribution in [2.24, 2.45) is 0 Å². The molecule has 1 aromatic heterocycles. The van der Waals surface area contributed by atoms with Crippen molar-refractivity contribution in [3.05, 3.63) is 65.5 Å². The number of fused-ring (bicyclic) bond motifs is 1. The second-order valence-electron chi connectivity index (χ2n) is 6.67. The van der Waals surface area contributed by atoms with Crippen molar-refractivity contribution in [1.82, 2.24) is 20.3 Å². The van der Waals surface area contributed by atoms with Crippen LogP contribution in [-0.2, 0) is 13.0 Å². The normalized spacial score (nSPS) is 15.0. The first kappa shape index (κ1) is 18.0. The quantitative estimate of drug-likeness (QED) is 0.714. The van der Waals surface area contributed by atoms with Gasteiger partial charge >= 0.3 is 0 Å². The number of nitrogens with one attached hydrogen (secondary N) is 1. The molecule has 1 unspecified atom stereocenters. The average Bonchev–Trinajstić information content (AvgIpc) is 3.33. The number of ether oxygens (including phenoxy) is 2. The van der Waals surface area contributed by atoms with E-state index >= 15 is 0 Å². The van der Waals surface area contributed by atoms with Crippen molar-refractivity contribution in [2.45, 2.75) is 32.9 Å². The number of carbonyl (C=O) groups is 1. The zero-order chi connectivity index (χ0) is 19.5. The van der Waals surface area contributed by atoms with Gasteiger partial charge in [-0.3, -0.25) is 4.79 Å². The highest BCUT2D eigenvalue weighted by atomic mass is 16.5. The molecule has 144 valence electrons. The molecule has 0 fully saturated rings. The Labute approximate surface area is 163 Å². The minimum Gasteiger partial charge on any atom is -0.494 e. The Morgan fingerprint density at radius 3 is 2.93 bits per heavy atom. The van der Waals surface area contributed by atoms with E-state index in [9.17, 15) is 4.79 Å². The molecule has 1 atom stereocenters. The molecule has 1 N–H and O–H groups in total. The van der Waals surface area contributed by atoms with Crippen LogP contribution in [-0.4, -0.2) is 33.6 Å². The lowest BCUT2D eigenvalue weighted by atomic mass is 10.1. The Kier molecular flexibility index (Phi) is 4.97. The van der Waals surface area contributed by atoms with Crippen LogP contribution < -0.4 is 14.8 Å². The molecule has 0 bridgehead atoms. The first-order valence-corrected chi connectivity index (χ1v) is 9.35. The third-order valence-corrected chi connectivity index (χ3v) is 4.53. The highest BCUT2D eigenvalue weighted by Gasteiger charge is 2.22. The van der Waals surface area contributed by atoms with Gasteiger partial charge in [0.25, 0.3) is 5.91 Å². The lowest BCUT2D eigenvalue weighted by Crippen LogP contribution is -2.23. The fourth-order valence-electron chi connectivity index (χ4n) is 3.23. The molecule has 7 heteroatoms. The van der Waals surface area contributed by atoms with E-state index in [1.165, 1.54) is 11.0 Å². The lowest BCUT2D eigenvalue weighted by Gasteiger charge is -2.13. The summed E-state index contributed by atoms with van der Waals surface area (Å²) in [5, 5.41) is 11.3. The van der Waals surface area contributed by atoms with Gasteiger partial charge in [-0.15, -0.1) is 5.10 Å². The van der Waals surface area contributed by atoms with Crippen molar-refractivity contribution in [3.8, 4) is 17.2 Å². The SMILES string of the molecule is CCOc1cc2c(cc1CNC(=O)c1cnn(-c3ccccc3)n1)OC(C)C2. The van der Waals surface area contributed by atoms with Gasteiger partial charge in [0.2, 0.25) is 0 Å². The number of hydrogen-bond acceptors (Lipinski definition) is 5. The summed E-state index contributed by atoms with van der Waals surface area (Å²) in [6, 6.07) is 13.4. The number of para-hydroxylation sites is 1. The van der Waals surface area contributed by atoms with E-state index in [1.54, 1.807) is 0 Å². The minimum absolute atomic E-state index is 0.155. The zero-order valence-electron chi connectivity index (χ0n) is 15.9. The molecule has 0 saturated carbocycles. The van der Waals surface area contributed by atoms with Crippen LogP contribution in [0.1, 0.15) is 35.5 Å². The predicted molar refractivity (Wildman–Crippen MR) is 104 cm³/mol. The number of carbonyl (C=O) groups excluding carboxylic acids is 1. The van der Waals surface area contributed by atoms with Crippen molar-refractivity contribution in [2.75, 3.05) is 6.61 Å². The van der Waals surface area contributed by atoms with Gasteiger partial charge in [0, 0.05) is 24.1 Å². The molecule has 0 aliphatic carbocycles. The molecule has 1 amide bonds. The highest BCUT2D eigenvalue weighted by Crippen LogP contribution is 2.35. The van der Waals surface area contributed by atoms with E-state index in [2.05, 4.69) is 15.5 Å². The van der Waals surface area contributed by atoms with Gasteiger partial charge in [0.1, 0.15) is 17.6 Å². The van der Waals surface area contributed by atoms with Crippen molar-refractivity contribution in [3.63, 3.8) is 0 Å². The molecule has 7 nitrogen and oxygen atoms in total. The van der Waals surface area contributed by atoms with E-state index in [0.29, 0.717) is 13.2 Å². The average molecular weight is 378 g/mol. The molecule has 3 aromatic rings. The van der Waals surface area contributed by atoms with Crippen molar-refractivity contribution in [1.29, 1.82) is 0 Å². The van der Waals surface area contributed by atoms with E-state index in [1.807, 2.05) is 56.3 Å². The number of rotatable bonds is 6. The maximum atomic E-state index is 12.5. The van der Waals surface area contributed by atoms with Crippen molar-refractivity contribution >= 4 is 5.91 Å². The molecular formula is C21H22N4O3.